The van der Waals surface area contributed by atoms with E-state index in [2.05, 4.69) is 10.6 Å². The molecular formula is C18H25N3O2. The standard InChI is InChI=1S/C18H25N3O2/c1-12-4-5-15(10-13(12)2)18(3)16(22)21(17(23)20-18)11-14-6-8-19-9-7-14/h4-5,10,14,19H,6-9,11H2,1-3H3,(H,20,23). The molecule has 2 aliphatic rings. The van der Waals surface area contributed by atoms with Gasteiger partial charge in [-0.05, 0) is 69.3 Å². The number of hydrogen-bond acceptors (Lipinski definition) is 3. The molecule has 2 heterocycles. The van der Waals surface area contributed by atoms with Crippen molar-refractivity contribution in [3.8, 4) is 0 Å². The van der Waals surface area contributed by atoms with Gasteiger partial charge in [0, 0.05) is 6.54 Å². The van der Waals surface area contributed by atoms with E-state index in [1.807, 2.05) is 32.0 Å². The summed E-state index contributed by atoms with van der Waals surface area (Å²) in [6.45, 7) is 8.31. The summed E-state index contributed by atoms with van der Waals surface area (Å²) in [5.41, 5.74) is 2.21. The average Bonchev–Trinajstić information content (AvgIpc) is 2.75. The molecule has 2 fully saturated rings. The van der Waals surface area contributed by atoms with E-state index in [1.165, 1.54) is 10.5 Å². The monoisotopic (exact) mass is 315 g/mol. The lowest BCUT2D eigenvalue weighted by molar-refractivity contribution is -0.131. The van der Waals surface area contributed by atoms with Crippen LogP contribution in [0, 0.1) is 19.8 Å². The smallest absolute Gasteiger partial charge is 0.319 e. The Bertz CT molecular complexity index is 637. The number of carbonyl (C=O) groups excluding carboxylic acids is 2. The SMILES string of the molecule is Cc1ccc(C2(C)NC(=O)N(CC3CCNCC3)C2=O)cc1C. The molecule has 0 radical (unpaired) electrons. The van der Waals surface area contributed by atoms with E-state index in [1.54, 1.807) is 6.92 Å². The minimum atomic E-state index is -0.956. The molecule has 3 amide bonds. The molecule has 1 aromatic carbocycles. The molecule has 23 heavy (non-hydrogen) atoms. The maximum absolute atomic E-state index is 12.9. The molecule has 2 aliphatic heterocycles. The highest BCUT2D eigenvalue weighted by atomic mass is 16.2. The summed E-state index contributed by atoms with van der Waals surface area (Å²) < 4.78 is 0. The maximum atomic E-state index is 12.9. The molecule has 1 atom stereocenters. The molecule has 1 aromatic rings. The van der Waals surface area contributed by atoms with Crippen molar-refractivity contribution in [3.63, 3.8) is 0 Å². The van der Waals surface area contributed by atoms with E-state index < -0.39 is 5.54 Å². The fraction of sp³-hybridized carbons (Fsp3) is 0.556. The zero-order chi connectivity index (χ0) is 16.6. The minimum absolute atomic E-state index is 0.135. The minimum Gasteiger partial charge on any atom is -0.319 e. The number of nitrogens with one attached hydrogen (secondary N) is 2. The second kappa shape index (κ2) is 5.96. The van der Waals surface area contributed by atoms with Crippen molar-refractivity contribution in [2.45, 2.75) is 39.2 Å². The first-order valence-corrected chi connectivity index (χ1v) is 8.34. The van der Waals surface area contributed by atoms with E-state index in [0.29, 0.717) is 12.5 Å². The van der Waals surface area contributed by atoms with Crippen LogP contribution in [0.3, 0.4) is 0 Å². The quantitative estimate of drug-likeness (QED) is 0.840. The lowest BCUT2D eigenvalue weighted by atomic mass is 9.89. The first kappa shape index (κ1) is 16.0. The van der Waals surface area contributed by atoms with Gasteiger partial charge in [0.15, 0.2) is 0 Å². The molecular weight excluding hydrogens is 290 g/mol. The van der Waals surface area contributed by atoms with Crippen LogP contribution in [-0.2, 0) is 10.3 Å². The van der Waals surface area contributed by atoms with Crippen molar-refractivity contribution in [3.05, 3.63) is 34.9 Å². The third-order valence-electron chi connectivity index (χ3n) is 5.26. The Morgan fingerprint density at radius 3 is 2.52 bits per heavy atom. The molecule has 0 saturated carbocycles. The Balaban J connectivity index is 1.82. The van der Waals surface area contributed by atoms with E-state index in [-0.39, 0.29) is 11.9 Å². The topological polar surface area (TPSA) is 61.4 Å². The van der Waals surface area contributed by atoms with E-state index in [0.717, 1.165) is 37.1 Å². The Hall–Kier alpha value is -1.88. The van der Waals surface area contributed by atoms with Crippen molar-refractivity contribution >= 4 is 11.9 Å². The van der Waals surface area contributed by atoms with Crippen molar-refractivity contribution in [2.75, 3.05) is 19.6 Å². The van der Waals surface area contributed by atoms with Crippen molar-refractivity contribution in [1.29, 1.82) is 0 Å². The van der Waals surface area contributed by atoms with Gasteiger partial charge >= 0.3 is 6.03 Å². The highest BCUT2D eigenvalue weighted by Crippen LogP contribution is 2.31. The molecule has 0 spiro atoms. The molecule has 1 unspecified atom stereocenters. The number of rotatable bonds is 3. The van der Waals surface area contributed by atoms with Gasteiger partial charge < -0.3 is 10.6 Å². The van der Waals surface area contributed by atoms with Gasteiger partial charge in [-0.15, -0.1) is 0 Å². The van der Waals surface area contributed by atoms with Gasteiger partial charge in [0.2, 0.25) is 0 Å². The lowest BCUT2D eigenvalue weighted by Gasteiger charge is -2.27. The van der Waals surface area contributed by atoms with Gasteiger partial charge in [-0.1, -0.05) is 18.2 Å². The molecule has 0 aromatic heterocycles. The van der Waals surface area contributed by atoms with Crippen LogP contribution in [0.1, 0.15) is 36.5 Å². The summed E-state index contributed by atoms with van der Waals surface area (Å²) in [6.07, 6.45) is 2.02. The second-order valence-electron chi connectivity index (χ2n) is 6.96. The highest BCUT2D eigenvalue weighted by molar-refractivity contribution is 6.07. The summed E-state index contributed by atoms with van der Waals surface area (Å²) in [4.78, 5) is 26.7. The fourth-order valence-corrected chi connectivity index (χ4v) is 3.43. The van der Waals surface area contributed by atoms with Crippen molar-refractivity contribution in [1.82, 2.24) is 15.5 Å². The molecule has 5 nitrogen and oxygen atoms in total. The van der Waals surface area contributed by atoms with Crippen LogP contribution in [0.4, 0.5) is 4.79 Å². The van der Waals surface area contributed by atoms with E-state index in [4.69, 9.17) is 0 Å². The van der Waals surface area contributed by atoms with Gasteiger partial charge in [0.25, 0.3) is 5.91 Å². The first-order valence-electron chi connectivity index (χ1n) is 8.34. The molecule has 2 N–H and O–H groups in total. The number of amides is 3. The highest BCUT2D eigenvalue weighted by Gasteiger charge is 2.49. The Morgan fingerprint density at radius 1 is 1.17 bits per heavy atom. The number of nitrogens with zero attached hydrogens (tertiary/aromatic N) is 1. The van der Waals surface area contributed by atoms with Gasteiger partial charge in [-0.2, -0.15) is 0 Å². The number of imide groups is 1. The van der Waals surface area contributed by atoms with Crippen LogP contribution in [0.15, 0.2) is 18.2 Å². The lowest BCUT2D eigenvalue weighted by Crippen LogP contribution is -2.42. The third-order valence-corrected chi connectivity index (χ3v) is 5.26. The number of urea groups is 1. The van der Waals surface area contributed by atoms with Crippen molar-refractivity contribution < 1.29 is 9.59 Å². The van der Waals surface area contributed by atoms with E-state index >= 15 is 0 Å². The predicted octanol–water partition coefficient (Wildman–Crippen LogP) is 2.07. The third kappa shape index (κ3) is 2.85. The molecule has 0 bridgehead atoms. The van der Waals surface area contributed by atoms with Gasteiger partial charge in [0.05, 0.1) is 0 Å². The Kier molecular flexibility index (Phi) is 4.15. The summed E-state index contributed by atoms with van der Waals surface area (Å²) in [7, 11) is 0. The largest absolute Gasteiger partial charge is 0.325 e. The van der Waals surface area contributed by atoms with Crippen molar-refractivity contribution in [2.24, 2.45) is 5.92 Å². The number of aryl methyl sites for hydroxylation is 2. The van der Waals surface area contributed by atoms with Crippen LogP contribution in [0.2, 0.25) is 0 Å². The average molecular weight is 315 g/mol. The number of benzene rings is 1. The summed E-state index contributed by atoms with van der Waals surface area (Å²) in [6, 6.07) is 5.68. The number of piperidine rings is 1. The number of carbonyl (C=O) groups is 2. The van der Waals surface area contributed by atoms with Gasteiger partial charge in [-0.25, -0.2) is 4.79 Å². The van der Waals surface area contributed by atoms with Crippen LogP contribution in [-0.4, -0.2) is 36.5 Å². The van der Waals surface area contributed by atoms with Crippen LogP contribution < -0.4 is 10.6 Å². The normalized spacial score (nSPS) is 25.8. The molecule has 2 saturated heterocycles. The summed E-state index contributed by atoms with van der Waals surface area (Å²) in [5.74, 6) is 0.261. The Labute approximate surface area is 137 Å². The Morgan fingerprint density at radius 2 is 1.87 bits per heavy atom. The van der Waals surface area contributed by atoms with Gasteiger partial charge in [-0.3, -0.25) is 9.69 Å². The summed E-state index contributed by atoms with van der Waals surface area (Å²) >= 11 is 0. The molecule has 5 heteroatoms. The zero-order valence-corrected chi connectivity index (χ0v) is 14.1. The van der Waals surface area contributed by atoms with Gasteiger partial charge in [0.1, 0.15) is 5.54 Å². The zero-order valence-electron chi connectivity index (χ0n) is 14.1. The molecule has 3 rings (SSSR count). The maximum Gasteiger partial charge on any atom is 0.325 e. The van der Waals surface area contributed by atoms with Crippen LogP contribution in [0.5, 0.6) is 0 Å². The molecule has 0 aliphatic carbocycles. The van der Waals surface area contributed by atoms with E-state index in [9.17, 15) is 9.59 Å². The number of hydrogen-bond donors (Lipinski definition) is 2. The molecule has 124 valence electrons. The summed E-state index contributed by atoms with van der Waals surface area (Å²) in [5, 5.41) is 6.22. The fourth-order valence-electron chi connectivity index (χ4n) is 3.43. The second-order valence-corrected chi connectivity index (χ2v) is 6.96. The van der Waals surface area contributed by atoms with Crippen LogP contribution in [0.25, 0.3) is 0 Å². The first-order chi connectivity index (χ1) is 10.9. The predicted molar refractivity (Wildman–Crippen MR) is 89.1 cm³/mol. The van der Waals surface area contributed by atoms with Crippen LogP contribution >= 0.6 is 0 Å².